The lowest BCUT2D eigenvalue weighted by atomic mass is 9.86. The van der Waals surface area contributed by atoms with Crippen LogP contribution in [0.2, 0.25) is 10.0 Å². The van der Waals surface area contributed by atoms with Crippen molar-refractivity contribution in [2.24, 2.45) is 10.9 Å². The van der Waals surface area contributed by atoms with Crippen molar-refractivity contribution in [2.45, 2.75) is 32.7 Å². The number of hydrogen-bond acceptors (Lipinski definition) is 3. The molecular formula is C24H22Cl2N4O. The zero-order chi connectivity index (χ0) is 21.7. The standard InChI is InChI=1S/C24H22Cl2N4O/c1-14-5-8-20-16(12-14)4-3-11-29(20)24(31)22-15(2)28-21-9-10-27-30(21)23(22)17-6-7-18(25)19(26)13-17/h5-10,12-13,22-23H,3-4,11H2,1-2H3. The van der Waals surface area contributed by atoms with Crippen LogP contribution in [0.15, 0.2) is 53.7 Å². The van der Waals surface area contributed by atoms with Crippen molar-refractivity contribution in [1.29, 1.82) is 0 Å². The van der Waals surface area contributed by atoms with Gasteiger partial charge < -0.3 is 4.90 Å². The van der Waals surface area contributed by atoms with Gasteiger partial charge in [0.25, 0.3) is 0 Å². The van der Waals surface area contributed by atoms with Gasteiger partial charge in [0.1, 0.15) is 5.92 Å². The smallest absolute Gasteiger partial charge is 0.238 e. The van der Waals surface area contributed by atoms with Gasteiger partial charge in [-0.25, -0.2) is 9.67 Å². The maximum absolute atomic E-state index is 14.0. The Kier molecular flexibility index (Phi) is 5.11. The molecule has 0 N–H and O–H groups in total. The van der Waals surface area contributed by atoms with Crippen molar-refractivity contribution >= 4 is 46.3 Å². The molecule has 3 aromatic rings. The van der Waals surface area contributed by atoms with Crippen LogP contribution < -0.4 is 4.90 Å². The molecule has 5 rings (SSSR count). The van der Waals surface area contributed by atoms with Crippen LogP contribution in [-0.2, 0) is 11.2 Å². The number of carbonyl (C=O) groups excluding carboxylic acids is 1. The maximum Gasteiger partial charge on any atom is 0.238 e. The molecule has 158 valence electrons. The van der Waals surface area contributed by atoms with Crippen molar-refractivity contribution in [3.05, 3.63) is 75.4 Å². The number of aliphatic imine (C=N–C) groups is 1. The highest BCUT2D eigenvalue weighted by Crippen LogP contribution is 2.40. The van der Waals surface area contributed by atoms with Crippen molar-refractivity contribution in [1.82, 2.24) is 9.78 Å². The third kappa shape index (κ3) is 3.46. The van der Waals surface area contributed by atoms with Gasteiger partial charge in [0.05, 0.1) is 22.3 Å². The highest BCUT2D eigenvalue weighted by molar-refractivity contribution is 6.42. The van der Waals surface area contributed by atoms with Gasteiger partial charge in [-0.3, -0.25) is 4.79 Å². The van der Waals surface area contributed by atoms with Crippen LogP contribution in [0.5, 0.6) is 0 Å². The van der Waals surface area contributed by atoms with E-state index in [1.807, 2.05) is 34.7 Å². The summed E-state index contributed by atoms with van der Waals surface area (Å²) in [4.78, 5) is 20.6. The van der Waals surface area contributed by atoms with E-state index >= 15 is 0 Å². The molecular weight excluding hydrogens is 431 g/mol. The van der Waals surface area contributed by atoms with Crippen LogP contribution in [0.25, 0.3) is 0 Å². The molecule has 2 atom stereocenters. The SMILES string of the molecule is CC1=Nc2ccnn2C(c2ccc(Cl)c(Cl)c2)C1C(=O)N1CCCc2cc(C)ccc21. The van der Waals surface area contributed by atoms with Crippen LogP contribution in [0.1, 0.15) is 36.1 Å². The molecule has 2 aromatic carbocycles. The first-order chi connectivity index (χ1) is 14.9. The fourth-order valence-electron chi connectivity index (χ4n) is 4.70. The predicted molar refractivity (Wildman–Crippen MR) is 125 cm³/mol. The van der Waals surface area contributed by atoms with Crippen LogP contribution in [0.3, 0.4) is 0 Å². The minimum absolute atomic E-state index is 0.0308. The van der Waals surface area contributed by atoms with E-state index in [0.717, 1.165) is 35.6 Å². The van der Waals surface area contributed by atoms with E-state index in [1.165, 1.54) is 11.1 Å². The van der Waals surface area contributed by atoms with Crippen LogP contribution >= 0.6 is 23.2 Å². The molecule has 0 bridgehead atoms. The number of amides is 1. The molecule has 0 spiro atoms. The van der Waals surface area contributed by atoms with Crippen molar-refractivity contribution < 1.29 is 4.79 Å². The summed E-state index contributed by atoms with van der Waals surface area (Å²) in [5, 5.41) is 5.44. The molecule has 0 aliphatic carbocycles. The fraction of sp³-hybridized carbons (Fsp3) is 0.292. The number of fused-ring (bicyclic) bond motifs is 2. The Labute approximate surface area is 191 Å². The number of anilines is 1. The number of carbonyl (C=O) groups is 1. The molecule has 2 unspecified atom stereocenters. The molecule has 0 saturated heterocycles. The fourth-order valence-corrected chi connectivity index (χ4v) is 5.00. The molecule has 0 saturated carbocycles. The molecule has 2 aliphatic rings. The van der Waals surface area contributed by atoms with Crippen LogP contribution in [0, 0.1) is 12.8 Å². The van der Waals surface area contributed by atoms with Crippen LogP contribution in [0.4, 0.5) is 11.5 Å². The van der Waals surface area contributed by atoms with E-state index in [0.29, 0.717) is 16.6 Å². The van der Waals surface area contributed by atoms with Gasteiger partial charge in [-0.2, -0.15) is 5.10 Å². The number of nitrogens with zero attached hydrogens (tertiary/aromatic N) is 4. The third-order valence-corrected chi connectivity index (χ3v) is 6.88. The quantitative estimate of drug-likeness (QED) is 0.493. The van der Waals surface area contributed by atoms with E-state index in [2.05, 4.69) is 30.2 Å². The molecule has 31 heavy (non-hydrogen) atoms. The zero-order valence-corrected chi connectivity index (χ0v) is 18.9. The first-order valence-electron chi connectivity index (χ1n) is 10.4. The summed E-state index contributed by atoms with van der Waals surface area (Å²) in [6.07, 6.45) is 3.64. The Hall–Kier alpha value is -2.63. The molecule has 0 fully saturated rings. The first-order valence-corrected chi connectivity index (χ1v) is 11.1. The number of rotatable bonds is 2. The number of halogens is 2. The Morgan fingerprint density at radius 2 is 1.90 bits per heavy atom. The van der Waals surface area contributed by atoms with E-state index in [1.54, 1.807) is 12.3 Å². The summed E-state index contributed by atoms with van der Waals surface area (Å²) < 4.78 is 1.81. The summed E-state index contributed by atoms with van der Waals surface area (Å²) in [5.74, 6) is 0.271. The molecule has 0 radical (unpaired) electrons. The molecule has 1 amide bonds. The predicted octanol–water partition coefficient (Wildman–Crippen LogP) is 5.79. The molecule has 1 aromatic heterocycles. The van der Waals surface area contributed by atoms with Crippen LogP contribution in [-0.4, -0.2) is 27.9 Å². The Balaban J connectivity index is 1.61. The average Bonchev–Trinajstić information content (AvgIpc) is 3.21. The molecule has 7 heteroatoms. The highest BCUT2D eigenvalue weighted by atomic mass is 35.5. The number of hydrogen-bond donors (Lipinski definition) is 0. The largest absolute Gasteiger partial charge is 0.311 e. The van der Waals surface area contributed by atoms with E-state index in [-0.39, 0.29) is 11.9 Å². The lowest BCUT2D eigenvalue weighted by molar-refractivity contribution is -0.121. The summed E-state index contributed by atoms with van der Waals surface area (Å²) in [6, 6.07) is 13.3. The Bertz CT molecular complexity index is 1220. The van der Waals surface area contributed by atoms with Crippen molar-refractivity contribution in [3.63, 3.8) is 0 Å². The summed E-state index contributed by atoms with van der Waals surface area (Å²) in [5.41, 5.74) is 5.07. The maximum atomic E-state index is 14.0. The Morgan fingerprint density at radius 1 is 1.06 bits per heavy atom. The van der Waals surface area contributed by atoms with E-state index in [4.69, 9.17) is 28.2 Å². The number of benzene rings is 2. The monoisotopic (exact) mass is 452 g/mol. The minimum Gasteiger partial charge on any atom is -0.311 e. The van der Waals surface area contributed by atoms with Gasteiger partial charge in [-0.1, -0.05) is 47.0 Å². The average molecular weight is 453 g/mol. The van der Waals surface area contributed by atoms with Gasteiger partial charge in [-0.05, 0) is 56.0 Å². The minimum atomic E-state index is -0.489. The number of aryl methyl sites for hydroxylation is 2. The zero-order valence-electron chi connectivity index (χ0n) is 17.3. The second-order valence-electron chi connectivity index (χ2n) is 8.21. The second-order valence-corrected chi connectivity index (χ2v) is 9.02. The van der Waals surface area contributed by atoms with E-state index in [9.17, 15) is 4.79 Å². The summed E-state index contributed by atoms with van der Waals surface area (Å²) >= 11 is 12.5. The topological polar surface area (TPSA) is 50.5 Å². The molecule has 2 aliphatic heterocycles. The van der Waals surface area contributed by atoms with Crippen molar-refractivity contribution in [2.75, 3.05) is 11.4 Å². The van der Waals surface area contributed by atoms with Gasteiger partial charge in [-0.15, -0.1) is 0 Å². The highest BCUT2D eigenvalue weighted by Gasteiger charge is 2.41. The summed E-state index contributed by atoms with van der Waals surface area (Å²) in [7, 11) is 0. The normalized spacial score (nSPS) is 20.1. The van der Waals surface area contributed by atoms with Gasteiger partial charge >= 0.3 is 0 Å². The summed E-state index contributed by atoms with van der Waals surface area (Å²) in [6.45, 7) is 4.70. The lowest BCUT2D eigenvalue weighted by Crippen LogP contribution is -2.46. The number of aromatic nitrogens is 2. The lowest BCUT2D eigenvalue weighted by Gasteiger charge is -2.37. The van der Waals surface area contributed by atoms with Gasteiger partial charge in [0.15, 0.2) is 5.82 Å². The van der Waals surface area contributed by atoms with E-state index < -0.39 is 5.92 Å². The van der Waals surface area contributed by atoms with Gasteiger partial charge in [0, 0.05) is 24.0 Å². The molecule has 3 heterocycles. The Morgan fingerprint density at radius 3 is 2.71 bits per heavy atom. The van der Waals surface area contributed by atoms with Crippen molar-refractivity contribution in [3.8, 4) is 0 Å². The second kappa shape index (κ2) is 7.81. The third-order valence-electron chi connectivity index (χ3n) is 6.14. The first kappa shape index (κ1) is 20.3. The van der Waals surface area contributed by atoms with Gasteiger partial charge in [0.2, 0.25) is 5.91 Å². The molecule has 5 nitrogen and oxygen atoms in total.